The van der Waals surface area contributed by atoms with E-state index in [1.54, 1.807) is 6.07 Å². The van der Waals surface area contributed by atoms with E-state index in [-0.39, 0.29) is 16.1 Å². The Balaban J connectivity index is 2.32. The van der Waals surface area contributed by atoms with E-state index in [0.717, 1.165) is 6.07 Å². The molecule has 2 aromatic carbocycles. The van der Waals surface area contributed by atoms with Crippen LogP contribution in [-0.4, -0.2) is 14.7 Å². The molecule has 0 spiro atoms. The van der Waals surface area contributed by atoms with Crippen LogP contribution in [0.15, 0.2) is 47.4 Å². The van der Waals surface area contributed by atoms with Gasteiger partial charge in [-0.1, -0.05) is 12.1 Å². The molecule has 7 heteroatoms. The Morgan fingerprint density at radius 3 is 2.33 bits per heavy atom. The summed E-state index contributed by atoms with van der Waals surface area (Å²) >= 11 is 0. The highest BCUT2D eigenvalue weighted by Gasteiger charge is 2.16. The topological polar surface area (TPSA) is 87.0 Å². The van der Waals surface area contributed by atoms with Crippen LogP contribution in [0.25, 0.3) is 0 Å². The predicted molar refractivity (Wildman–Crippen MR) is 73.8 cm³/mol. The van der Waals surface area contributed by atoms with Gasteiger partial charge in [-0.05, 0) is 30.3 Å². The highest BCUT2D eigenvalue weighted by atomic mass is 32.2. The third-order valence-electron chi connectivity index (χ3n) is 2.67. The van der Waals surface area contributed by atoms with Gasteiger partial charge in [-0.25, -0.2) is 12.8 Å². The van der Waals surface area contributed by atoms with Gasteiger partial charge in [0.1, 0.15) is 12.1 Å². The summed E-state index contributed by atoms with van der Waals surface area (Å²) in [6.07, 6.45) is 0.587. The van der Waals surface area contributed by atoms with Crippen molar-refractivity contribution in [3.05, 3.63) is 59.4 Å². The molecular formula is C14H9FN2O3S. The fraction of sp³-hybridized carbons (Fsp3) is 0. The van der Waals surface area contributed by atoms with Gasteiger partial charge in [-0.15, -0.1) is 0 Å². The van der Waals surface area contributed by atoms with Crippen LogP contribution in [0.5, 0.6) is 0 Å². The number of carbonyl (C=O) groups excluding carboxylic acids is 1. The van der Waals surface area contributed by atoms with Gasteiger partial charge in [0.2, 0.25) is 0 Å². The molecule has 0 bridgehead atoms. The zero-order valence-corrected chi connectivity index (χ0v) is 11.4. The van der Waals surface area contributed by atoms with Crippen molar-refractivity contribution in [3.63, 3.8) is 0 Å². The number of aldehydes is 1. The van der Waals surface area contributed by atoms with Crippen LogP contribution in [0.4, 0.5) is 10.1 Å². The smallest absolute Gasteiger partial charge is 0.261 e. The average molecular weight is 304 g/mol. The van der Waals surface area contributed by atoms with Gasteiger partial charge in [0.05, 0.1) is 22.2 Å². The molecule has 106 valence electrons. The number of nitrogens with one attached hydrogen (secondary N) is 1. The summed E-state index contributed by atoms with van der Waals surface area (Å²) in [5.41, 5.74) is 0.165. The highest BCUT2D eigenvalue weighted by Crippen LogP contribution is 2.20. The van der Waals surface area contributed by atoms with Crippen molar-refractivity contribution in [2.24, 2.45) is 0 Å². The molecule has 0 aromatic heterocycles. The van der Waals surface area contributed by atoms with Crippen LogP contribution < -0.4 is 4.72 Å². The first-order valence-electron chi connectivity index (χ1n) is 5.74. The van der Waals surface area contributed by atoms with Crippen molar-refractivity contribution in [2.45, 2.75) is 4.90 Å². The number of nitrogens with zero attached hydrogens (tertiary/aromatic N) is 1. The van der Waals surface area contributed by atoms with Crippen LogP contribution in [0, 0.1) is 17.1 Å². The van der Waals surface area contributed by atoms with Crippen LogP contribution in [0.1, 0.15) is 15.9 Å². The van der Waals surface area contributed by atoms with E-state index in [0.29, 0.717) is 11.8 Å². The first-order chi connectivity index (χ1) is 9.96. The maximum Gasteiger partial charge on any atom is 0.261 e. The van der Waals surface area contributed by atoms with E-state index in [2.05, 4.69) is 4.72 Å². The van der Waals surface area contributed by atoms with Gasteiger partial charge in [0, 0.05) is 5.56 Å². The van der Waals surface area contributed by atoms with Crippen molar-refractivity contribution >= 4 is 22.0 Å². The average Bonchev–Trinajstić information content (AvgIpc) is 2.49. The van der Waals surface area contributed by atoms with Crippen molar-refractivity contribution < 1.29 is 17.6 Å². The van der Waals surface area contributed by atoms with Crippen LogP contribution in [-0.2, 0) is 10.0 Å². The van der Waals surface area contributed by atoms with E-state index in [4.69, 9.17) is 5.26 Å². The Morgan fingerprint density at radius 2 is 1.81 bits per heavy atom. The Hall–Kier alpha value is -2.72. The third kappa shape index (κ3) is 3.24. The zero-order valence-electron chi connectivity index (χ0n) is 10.6. The van der Waals surface area contributed by atoms with Gasteiger partial charge >= 0.3 is 0 Å². The molecule has 0 unspecified atom stereocenters. The summed E-state index contributed by atoms with van der Waals surface area (Å²) in [5.74, 6) is -0.845. The number of hydrogen-bond acceptors (Lipinski definition) is 4. The zero-order chi connectivity index (χ0) is 15.5. The molecule has 0 saturated heterocycles. The fourth-order valence-electron chi connectivity index (χ4n) is 1.60. The van der Waals surface area contributed by atoms with Crippen molar-refractivity contribution in [3.8, 4) is 6.07 Å². The molecule has 0 atom stereocenters. The van der Waals surface area contributed by atoms with E-state index in [1.165, 1.54) is 36.4 Å². The molecular weight excluding hydrogens is 295 g/mol. The van der Waals surface area contributed by atoms with Gasteiger partial charge in [-0.3, -0.25) is 9.52 Å². The van der Waals surface area contributed by atoms with Gasteiger partial charge < -0.3 is 0 Å². The Bertz CT molecular complexity index is 824. The lowest BCUT2D eigenvalue weighted by Crippen LogP contribution is -2.14. The summed E-state index contributed by atoms with van der Waals surface area (Å²) < 4.78 is 39.9. The molecule has 0 heterocycles. The fourth-order valence-corrected chi connectivity index (χ4v) is 2.66. The normalized spacial score (nSPS) is 10.7. The number of halogens is 1. The molecule has 0 aliphatic rings. The highest BCUT2D eigenvalue weighted by molar-refractivity contribution is 7.92. The molecule has 0 radical (unpaired) electrons. The molecule has 0 aliphatic heterocycles. The summed E-state index contributed by atoms with van der Waals surface area (Å²) in [4.78, 5) is 10.4. The summed E-state index contributed by atoms with van der Waals surface area (Å²) in [6, 6.07) is 10.3. The minimum atomic E-state index is -3.97. The number of hydrogen-bond donors (Lipinski definition) is 1. The number of rotatable bonds is 4. The molecule has 5 nitrogen and oxygen atoms in total. The summed E-state index contributed by atoms with van der Waals surface area (Å²) in [6.45, 7) is 0. The van der Waals surface area contributed by atoms with Crippen molar-refractivity contribution in [1.29, 1.82) is 5.26 Å². The molecule has 0 fully saturated rings. The molecule has 1 N–H and O–H groups in total. The minimum absolute atomic E-state index is 0.0887. The maximum atomic E-state index is 13.7. The second kappa shape index (κ2) is 5.73. The molecule has 2 aromatic rings. The number of nitriles is 1. The predicted octanol–water partition coefficient (Wildman–Crippen LogP) is 2.31. The Morgan fingerprint density at radius 1 is 1.14 bits per heavy atom. The van der Waals surface area contributed by atoms with E-state index in [9.17, 15) is 17.6 Å². The number of anilines is 1. The summed E-state index contributed by atoms with van der Waals surface area (Å²) in [5, 5.41) is 8.63. The second-order valence-corrected chi connectivity index (χ2v) is 5.78. The Labute approximate surface area is 120 Å². The Kier molecular flexibility index (Phi) is 4.00. The van der Waals surface area contributed by atoms with Gasteiger partial charge in [-0.2, -0.15) is 5.26 Å². The second-order valence-electron chi connectivity index (χ2n) is 4.10. The number of benzene rings is 2. The standard InChI is InChI=1S/C14H9FN2O3S/c15-13-7-11(8-16)3-6-14(13)17-21(19,20)12-4-1-10(9-18)2-5-12/h1-7,9,17H. The molecule has 0 aliphatic carbocycles. The molecule has 2 rings (SSSR count). The minimum Gasteiger partial charge on any atom is -0.298 e. The largest absolute Gasteiger partial charge is 0.298 e. The lowest BCUT2D eigenvalue weighted by molar-refractivity contribution is 0.112. The quantitative estimate of drug-likeness (QED) is 0.878. The summed E-state index contributed by atoms with van der Waals surface area (Å²) in [7, 11) is -3.97. The number of carbonyl (C=O) groups is 1. The van der Waals surface area contributed by atoms with Crippen molar-refractivity contribution in [2.75, 3.05) is 4.72 Å². The van der Waals surface area contributed by atoms with Gasteiger partial charge in [0.15, 0.2) is 0 Å². The van der Waals surface area contributed by atoms with Crippen LogP contribution in [0.3, 0.4) is 0 Å². The SMILES string of the molecule is N#Cc1ccc(NS(=O)(=O)c2ccc(C=O)cc2)c(F)c1. The van der Waals surface area contributed by atoms with E-state index < -0.39 is 15.8 Å². The first-order valence-corrected chi connectivity index (χ1v) is 7.22. The molecule has 0 saturated carbocycles. The maximum absolute atomic E-state index is 13.7. The lowest BCUT2D eigenvalue weighted by atomic mass is 10.2. The first kappa shape index (κ1) is 14.7. The molecule has 0 amide bonds. The lowest BCUT2D eigenvalue weighted by Gasteiger charge is -2.09. The number of sulfonamides is 1. The van der Waals surface area contributed by atoms with Gasteiger partial charge in [0.25, 0.3) is 10.0 Å². The monoisotopic (exact) mass is 304 g/mol. The molecule has 21 heavy (non-hydrogen) atoms. The third-order valence-corrected chi connectivity index (χ3v) is 4.05. The van der Waals surface area contributed by atoms with E-state index >= 15 is 0 Å². The van der Waals surface area contributed by atoms with E-state index in [1.807, 2.05) is 0 Å². The van der Waals surface area contributed by atoms with Crippen molar-refractivity contribution in [1.82, 2.24) is 0 Å². The van der Waals surface area contributed by atoms with Crippen LogP contribution in [0.2, 0.25) is 0 Å². The van der Waals surface area contributed by atoms with Crippen LogP contribution >= 0.6 is 0 Å².